The van der Waals surface area contributed by atoms with Crippen molar-refractivity contribution in [1.82, 2.24) is 53.4 Å². The third-order valence-corrected chi connectivity index (χ3v) is 14.6. The summed E-state index contributed by atoms with van der Waals surface area (Å²) in [5.41, 5.74) is 3.48. The van der Waals surface area contributed by atoms with Gasteiger partial charge in [0.2, 0.25) is 0 Å². The van der Waals surface area contributed by atoms with Gasteiger partial charge in [-0.25, -0.2) is 33.0 Å². The Balaban J connectivity index is 1.07. The molecule has 1 aliphatic carbocycles. The summed E-state index contributed by atoms with van der Waals surface area (Å²) in [6.07, 6.45) is 9.56. The average Bonchev–Trinajstić information content (AvgIpc) is 3.96. The van der Waals surface area contributed by atoms with Crippen molar-refractivity contribution in [3.8, 4) is 28.6 Å². The number of benzene rings is 3. The van der Waals surface area contributed by atoms with Crippen LogP contribution in [0, 0.1) is 31.4 Å². The maximum atomic E-state index is 16.3. The van der Waals surface area contributed by atoms with Crippen molar-refractivity contribution in [3.63, 3.8) is 0 Å². The van der Waals surface area contributed by atoms with Crippen LogP contribution in [0.2, 0.25) is 0 Å². The molecule has 3 aromatic carbocycles. The molecule has 4 atom stereocenters. The number of hydrogen-bond donors (Lipinski definition) is 1. The summed E-state index contributed by atoms with van der Waals surface area (Å²) >= 11 is 0. The lowest BCUT2D eigenvalue weighted by molar-refractivity contribution is -0.0592. The van der Waals surface area contributed by atoms with E-state index in [0.29, 0.717) is 69.5 Å². The normalized spacial score (nSPS) is 20.7. The number of hydrogen-bond acceptors (Lipinski definition) is 10. The molecule has 0 unspecified atom stereocenters. The number of anilines is 1. The van der Waals surface area contributed by atoms with E-state index in [1.165, 1.54) is 40.1 Å². The Morgan fingerprint density at radius 1 is 0.899 bits per heavy atom. The van der Waals surface area contributed by atoms with E-state index in [1.54, 1.807) is 59.6 Å². The van der Waals surface area contributed by atoms with E-state index >= 15 is 13.6 Å². The van der Waals surface area contributed by atoms with Crippen molar-refractivity contribution in [1.29, 1.82) is 0 Å². The highest BCUT2D eigenvalue weighted by molar-refractivity contribution is 6.11. The number of amides is 1. The number of H-pyrrole nitrogens is 1. The largest absolute Gasteiger partial charge is 0.438 e. The summed E-state index contributed by atoms with van der Waals surface area (Å²) in [7, 11) is 1.71. The molecule has 0 spiro atoms. The molecule has 69 heavy (non-hydrogen) atoms. The summed E-state index contributed by atoms with van der Waals surface area (Å²) in [5.74, 6) is -1.46. The van der Waals surface area contributed by atoms with E-state index in [0.717, 1.165) is 29.3 Å². The highest BCUT2D eigenvalue weighted by Crippen LogP contribution is 2.56. The predicted molar refractivity (Wildman–Crippen MR) is 250 cm³/mol. The van der Waals surface area contributed by atoms with E-state index in [2.05, 4.69) is 46.2 Å². The highest BCUT2D eigenvalue weighted by Gasteiger charge is 2.59. The summed E-state index contributed by atoms with van der Waals surface area (Å²) in [6.45, 7) is 12.0. The lowest BCUT2D eigenvalue weighted by Gasteiger charge is -2.35. The third kappa shape index (κ3) is 6.21. The fourth-order valence-corrected chi connectivity index (χ4v) is 11.1. The molecular weight excluding hydrogens is 887 g/mol. The SMILES string of the molecule is Cc1cc(-n2nc3c(c2-n2ccn(-c4ccc5c(cnn5C)c4F)c2=O)[C@H](C)N(C(=O)c2cc4cc([C@H]5CCOC(C)(C)C5)ccc4n2[C@@]2(c4noc(=O)[nH]4)C[C@@H]2C)c2cncnc2-3)cc(C)c1F. The van der Waals surface area contributed by atoms with Crippen molar-refractivity contribution in [2.75, 3.05) is 11.5 Å². The lowest BCUT2D eigenvalue weighted by Crippen LogP contribution is -2.39. The summed E-state index contributed by atoms with van der Waals surface area (Å²) in [4.78, 5) is 57.0. The van der Waals surface area contributed by atoms with Gasteiger partial charge in [0, 0.05) is 42.5 Å². The molecule has 0 radical (unpaired) electrons. The van der Waals surface area contributed by atoms with E-state index in [-0.39, 0.29) is 40.1 Å². The van der Waals surface area contributed by atoms with Crippen molar-refractivity contribution in [3.05, 3.63) is 146 Å². The number of nitrogens with zero attached hydrogens (tertiary/aromatic N) is 11. The molecule has 1 saturated carbocycles. The molecule has 17 nitrogen and oxygen atoms in total. The average molecular weight is 933 g/mol. The Hall–Kier alpha value is -7.80. The molecule has 3 aliphatic rings. The summed E-state index contributed by atoms with van der Waals surface area (Å²) in [5, 5.41) is 14.6. The van der Waals surface area contributed by atoms with Crippen LogP contribution in [0.15, 0.2) is 93.8 Å². The highest BCUT2D eigenvalue weighted by atomic mass is 19.1. The molecule has 2 fully saturated rings. The Morgan fingerprint density at radius 2 is 1.65 bits per heavy atom. The van der Waals surface area contributed by atoms with Gasteiger partial charge in [-0.1, -0.05) is 18.1 Å². The first-order chi connectivity index (χ1) is 33.1. The second kappa shape index (κ2) is 14.8. The molecule has 8 heterocycles. The van der Waals surface area contributed by atoms with Crippen molar-refractivity contribution in [2.24, 2.45) is 13.0 Å². The number of carbonyl (C=O) groups is 1. The van der Waals surface area contributed by atoms with E-state index in [4.69, 9.17) is 19.3 Å². The zero-order valence-electron chi connectivity index (χ0n) is 38.8. The minimum Gasteiger partial charge on any atom is -0.376 e. The summed E-state index contributed by atoms with van der Waals surface area (Å²) in [6, 6.07) is 13.8. The second-order valence-electron chi connectivity index (χ2n) is 19.4. The van der Waals surface area contributed by atoms with Crippen LogP contribution in [-0.4, -0.2) is 71.5 Å². The van der Waals surface area contributed by atoms with Gasteiger partial charge >= 0.3 is 11.4 Å². The van der Waals surface area contributed by atoms with Crippen molar-refractivity contribution in [2.45, 2.75) is 83.9 Å². The van der Waals surface area contributed by atoms with Gasteiger partial charge in [0.1, 0.15) is 34.8 Å². The number of imidazole rings is 1. The van der Waals surface area contributed by atoms with Crippen molar-refractivity contribution < 1.29 is 22.8 Å². The predicted octanol–water partition coefficient (Wildman–Crippen LogP) is 7.86. The fraction of sp³-hybridized carbons (Fsp3) is 0.320. The lowest BCUT2D eigenvalue weighted by atomic mass is 9.83. The number of halogens is 2. The molecule has 6 aromatic heterocycles. The number of aryl methyl sites for hydroxylation is 3. The first kappa shape index (κ1) is 42.5. The molecule has 350 valence electrons. The van der Waals surface area contributed by atoms with Crippen LogP contribution in [-0.2, 0) is 17.3 Å². The third-order valence-electron chi connectivity index (χ3n) is 14.6. The smallest absolute Gasteiger partial charge is 0.376 e. The number of nitrogens with one attached hydrogen (secondary N) is 1. The van der Waals surface area contributed by atoms with Gasteiger partial charge in [-0.3, -0.25) is 33.0 Å². The zero-order chi connectivity index (χ0) is 48.0. The number of aromatic amines is 1. The second-order valence-corrected chi connectivity index (χ2v) is 19.4. The quantitative estimate of drug-likeness (QED) is 0.165. The Kier molecular flexibility index (Phi) is 9.16. The summed E-state index contributed by atoms with van der Waals surface area (Å²) < 4.78 is 50.4. The van der Waals surface area contributed by atoms with Gasteiger partial charge < -0.3 is 9.30 Å². The van der Waals surface area contributed by atoms with Gasteiger partial charge in [0.25, 0.3) is 5.91 Å². The molecule has 1 N–H and O–H groups in total. The molecule has 1 amide bonds. The van der Waals surface area contributed by atoms with Crippen LogP contribution in [0.5, 0.6) is 0 Å². The van der Waals surface area contributed by atoms with Crippen LogP contribution >= 0.6 is 0 Å². The Bertz CT molecular complexity index is 3730. The minimum atomic E-state index is -0.944. The Labute approximate surface area is 391 Å². The monoisotopic (exact) mass is 932 g/mol. The van der Waals surface area contributed by atoms with E-state index in [9.17, 15) is 9.59 Å². The van der Waals surface area contributed by atoms with Crippen LogP contribution in [0.3, 0.4) is 0 Å². The van der Waals surface area contributed by atoms with Crippen LogP contribution < -0.4 is 16.3 Å². The van der Waals surface area contributed by atoms with Crippen LogP contribution in [0.1, 0.15) is 97.5 Å². The molecule has 12 rings (SSSR count). The minimum absolute atomic E-state index is 0.00352. The number of aromatic nitrogens is 11. The fourth-order valence-electron chi connectivity index (χ4n) is 11.1. The number of fused-ring (bicyclic) bond motifs is 5. The van der Waals surface area contributed by atoms with Gasteiger partial charge in [-0.2, -0.15) is 10.2 Å². The number of rotatable bonds is 7. The molecular formula is C50H46F2N12O5. The van der Waals surface area contributed by atoms with Gasteiger partial charge in [0.05, 0.1) is 52.0 Å². The first-order valence-electron chi connectivity index (χ1n) is 22.9. The molecule has 2 aliphatic heterocycles. The molecule has 19 heteroatoms. The number of carbonyl (C=O) groups excluding carboxylic acids is 1. The number of ether oxygens (including phenoxy) is 1. The van der Waals surface area contributed by atoms with Crippen LogP contribution in [0.4, 0.5) is 14.5 Å². The van der Waals surface area contributed by atoms with Crippen LogP contribution in [0.25, 0.3) is 50.4 Å². The zero-order valence-corrected chi connectivity index (χ0v) is 38.8. The maximum absolute atomic E-state index is 16.3. The standard InChI is InChI=1S/C50H46F2N12O5/c1-25-16-32(17-26(2)40(25)51)64-44(61-14-13-60(48(61)67)36-11-10-35-33(41(36)52)22-55-59(35)7)39-28(4)62(38-23-53-24-54-42(38)43(39)57-64)45(65)37-19-31-18-29(30-12-15-68-49(5,6)21-30)8-9-34(31)63(37)50(20-27(50)3)46-56-47(66)69-58-46/h8-11,13-14,16-19,22-24,27-28,30H,12,15,20-21H2,1-7H3,(H,56,58,66)/t27-,28-,30-,50-/m0/s1. The molecule has 0 bridgehead atoms. The topological polar surface area (TPSA) is 182 Å². The van der Waals surface area contributed by atoms with Gasteiger partial charge in [-0.15, -0.1) is 0 Å². The van der Waals surface area contributed by atoms with Crippen molar-refractivity contribution >= 4 is 33.4 Å². The molecule has 9 aromatic rings. The maximum Gasteiger partial charge on any atom is 0.438 e. The van der Waals surface area contributed by atoms with Gasteiger partial charge in [0.15, 0.2) is 17.5 Å². The first-order valence-corrected chi connectivity index (χ1v) is 22.9. The van der Waals surface area contributed by atoms with E-state index in [1.807, 2.05) is 30.5 Å². The van der Waals surface area contributed by atoms with E-state index < -0.39 is 34.8 Å². The Morgan fingerprint density at radius 3 is 2.38 bits per heavy atom. The van der Waals surface area contributed by atoms with Gasteiger partial charge in [-0.05, 0) is 125 Å². The molecule has 1 saturated heterocycles.